The minimum absolute atomic E-state index is 0.0681. The highest BCUT2D eigenvalue weighted by Gasteiger charge is 2.29. The molecule has 0 atom stereocenters. The van der Waals surface area contributed by atoms with Gasteiger partial charge in [0.1, 0.15) is 11.5 Å². The number of carbonyl (C=O) groups excluding carboxylic acids is 1. The van der Waals surface area contributed by atoms with E-state index in [0.717, 1.165) is 29.0 Å². The molecular formula is C20H20N6O3S. The molecule has 0 bridgehead atoms. The molecule has 0 aliphatic heterocycles. The lowest BCUT2D eigenvalue weighted by Gasteiger charge is -2.10. The molecule has 9 nitrogen and oxygen atoms in total. The molecule has 0 spiro atoms. The van der Waals surface area contributed by atoms with E-state index >= 15 is 0 Å². The molecule has 30 heavy (non-hydrogen) atoms. The number of nitrogens with one attached hydrogen (secondary N) is 2. The van der Waals surface area contributed by atoms with E-state index in [1.807, 2.05) is 31.2 Å². The van der Waals surface area contributed by atoms with Crippen LogP contribution in [0.4, 0.5) is 17.3 Å². The molecule has 5 N–H and O–H groups in total. The zero-order valence-electron chi connectivity index (χ0n) is 16.2. The Hall–Kier alpha value is -3.40. The third-order valence-electron chi connectivity index (χ3n) is 4.62. The summed E-state index contributed by atoms with van der Waals surface area (Å²) in [7, 11) is 0. The Morgan fingerprint density at radius 1 is 1.27 bits per heavy atom. The van der Waals surface area contributed by atoms with Gasteiger partial charge in [-0.3, -0.25) is 9.89 Å². The molecule has 0 amide bonds. The SMILES string of the molecule is Cc1cc(Nc2nc(Sc3ccc(CC(=O)C4CC4)cc3)nc(C(=O)O)c2N)n[nH]1. The van der Waals surface area contributed by atoms with Crippen LogP contribution in [0.25, 0.3) is 0 Å². The van der Waals surface area contributed by atoms with Gasteiger partial charge in [0.25, 0.3) is 0 Å². The third-order valence-corrected chi connectivity index (χ3v) is 5.50. The first-order chi connectivity index (χ1) is 14.4. The van der Waals surface area contributed by atoms with Crippen LogP contribution >= 0.6 is 11.8 Å². The first-order valence-electron chi connectivity index (χ1n) is 9.38. The minimum atomic E-state index is -1.24. The summed E-state index contributed by atoms with van der Waals surface area (Å²) in [6.07, 6.45) is 2.44. The number of Topliss-reactive ketones (excluding diaryl/α,β-unsaturated/α-hetero) is 1. The lowest BCUT2D eigenvalue weighted by Crippen LogP contribution is -2.11. The lowest BCUT2D eigenvalue weighted by atomic mass is 10.1. The fourth-order valence-electron chi connectivity index (χ4n) is 2.89. The standard InChI is InChI=1S/C20H20N6O3S/c1-10-8-15(26-25-10)22-18-16(21)17(19(28)29)23-20(24-18)30-13-6-2-11(3-7-13)9-14(27)12-4-5-12/h2-3,6-8,12H,4-5,9,21H2,1H3,(H,28,29)(H2,22,23,24,25,26). The molecule has 10 heteroatoms. The number of ketones is 1. The number of H-pyrrole nitrogens is 1. The summed E-state index contributed by atoms with van der Waals surface area (Å²) >= 11 is 1.21. The van der Waals surface area contributed by atoms with Gasteiger partial charge in [-0.1, -0.05) is 12.1 Å². The Morgan fingerprint density at radius 3 is 2.60 bits per heavy atom. The number of benzene rings is 1. The van der Waals surface area contributed by atoms with Crippen molar-refractivity contribution in [1.29, 1.82) is 0 Å². The second-order valence-corrected chi connectivity index (χ2v) is 8.19. The molecule has 0 unspecified atom stereocenters. The van der Waals surface area contributed by atoms with Crippen LogP contribution in [-0.4, -0.2) is 37.0 Å². The summed E-state index contributed by atoms with van der Waals surface area (Å²) in [5.41, 5.74) is 7.39. The van der Waals surface area contributed by atoms with Crippen molar-refractivity contribution < 1.29 is 14.7 Å². The molecule has 1 aliphatic carbocycles. The molecule has 1 fully saturated rings. The maximum atomic E-state index is 12.0. The highest BCUT2D eigenvalue weighted by atomic mass is 32.2. The van der Waals surface area contributed by atoms with Crippen molar-refractivity contribution in [1.82, 2.24) is 20.2 Å². The number of nitrogen functional groups attached to an aromatic ring is 1. The normalized spacial score (nSPS) is 13.2. The van der Waals surface area contributed by atoms with Gasteiger partial charge in [-0.25, -0.2) is 14.8 Å². The number of aromatic carboxylic acids is 1. The first-order valence-corrected chi connectivity index (χ1v) is 10.2. The number of aryl methyl sites for hydroxylation is 1. The van der Waals surface area contributed by atoms with Crippen molar-refractivity contribution in [3.8, 4) is 0 Å². The van der Waals surface area contributed by atoms with Gasteiger partial charge >= 0.3 is 5.97 Å². The summed E-state index contributed by atoms with van der Waals surface area (Å²) in [4.78, 5) is 32.8. The summed E-state index contributed by atoms with van der Waals surface area (Å²) in [6, 6.07) is 9.26. The van der Waals surface area contributed by atoms with E-state index in [1.165, 1.54) is 11.8 Å². The van der Waals surface area contributed by atoms with E-state index < -0.39 is 5.97 Å². The molecule has 3 aromatic rings. The number of anilines is 3. The van der Waals surface area contributed by atoms with Crippen LogP contribution < -0.4 is 11.1 Å². The van der Waals surface area contributed by atoms with Gasteiger partial charge in [0.2, 0.25) is 0 Å². The van der Waals surface area contributed by atoms with Crippen LogP contribution in [0, 0.1) is 12.8 Å². The van der Waals surface area contributed by atoms with Gasteiger partial charge in [-0.15, -0.1) is 0 Å². The molecule has 4 rings (SSSR count). The Kier molecular flexibility index (Phi) is 5.40. The van der Waals surface area contributed by atoms with Gasteiger partial charge in [-0.2, -0.15) is 5.10 Å². The van der Waals surface area contributed by atoms with E-state index in [2.05, 4.69) is 25.5 Å². The van der Waals surface area contributed by atoms with Crippen molar-refractivity contribution in [2.75, 3.05) is 11.1 Å². The van der Waals surface area contributed by atoms with Gasteiger partial charge in [-0.05, 0) is 49.2 Å². The van der Waals surface area contributed by atoms with E-state index in [1.54, 1.807) is 6.07 Å². The van der Waals surface area contributed by atoms with Crippen LogP contribution in [-0.2, 0) is 11.2 Å². The Bertz CT molecular complexity index is 1110. The van der Waals surface area contributed by atoms with E-state index in [9.17, 15) is 14.7 Å². The molecule has 0 saturated heterocycles. The fraction of sp³-hybridized carbons (Fsp3) is 0.250. The van der Waals surface area contributed by atoms with Crippen LogP contribution in [0.15, 0.2) is 40.4 Å². The van der Waals surface area contributed by atoms with E-state index in [4.69, 9.17) is 5.73 Å². The quantitative estimate of drug-likeness (QED) is 0.400. The summed E-state index contributed by atoms with van der Waals surface area (Å²) < 4.78 is 0. The average molecular weight is 424 g/mol. The van der Waals surface area contributed by atoms with Gasteiger partial charge in [0.05, 0.1) is 0 Å². The monoisotopic (exact) mass is 424 g/mol. The van der Waals surface area contributed by atoms with Crippen molar-refractivity contribution >= 4 is 40.8 Å². The fourth-order valence-corrected chi connectivity index (χ4v) is 3.64. The van der Waals surface area contributed by atoms with Crippen LogP contribution in [0.2, 0.25) is 0 Å². The molecule has 2 heterocycles. The van der Waals surface area contributed by atoms with Crippen LogP contribution in [0.5, 0.6) is 0 Å². The molecular weight excluding hydrogens is 404 g/mol. The maximum Gasteiger partial charge on any atom is 0.356 e. The van der Waals surface area contributed by atoms with E-state index in [-0.39, 0.29) is 34.1 Å². The van der Waals surface area contributed by atoms with Crippen LogP contribution in [0.3, 0.4) is 0 Å². The highest BCUT2D eigenvalue weighted by molar-refractivity contribution is 7.99. The number of carboxylic acid groups (broad SMARTS) is 1. The number of nitrogens with two attached hydrogens (primary N) is 1. The van der Waals surface area contributed by atoms with Crippen molar-refractivity contribution in [2.24, 2.45) is 5.92 Å². The number of rotatable bonds is 8. The average Bonchev–Trinajstić information content (AvgIpc) is 3.48. The Labute approximate surface area is 176 Å². The molecule has 1 saturated carbocycles. The molecule has 154 valence electrons. The van der Waals surface area contributed by atoms with Gasteiger partial charge in [0.15, 0.2) is 22.5 Å². The molecule has 2 aromatic heterocycles. The molecule has 1 aliphatic rings. The van der Waals surface area contributed by atoms with Crippen LogP contribution in [0.1, 0.15) is 34.6 Å². The van der Waals surface area contributed by atoms with Gasteiger partial charge < -0.3 is 16.2 Å². The maximum absolute atomic E-state index is 12.0. The number of aromatic nitrogens is 4. The van der Waals surface area contributed by atoms with Gasteiger partial charge in [0, 0.05) is 29.0 Å². The van der Waals surface area contributed by atoms with Crippen molar-refractivity contribution in [3.63, 3.8) is 0 Å². The predicted octanol–water partition coefficient (Wildman–Crippen LogP) is 3.20. The second kappa shape index (κ2) is 8.15. The number of nitrogens with zero attached hydrogens (tertiary/aromatic N) is 3. The highest BCUT2D eigenvalue weighted by Crippen LogP contribution is 2.32. The number of carbonyl (C=O) groups is 2. The lowest BCUT2D eigenvalue weighted by molar-refractivity contribution is -0.119. The number of carboxylic acids is 1. The largest absolute Gasteiger partial charge is 0.476 e. The predicted molar refractivity (Wildman–Crippen MR) is 112 cm³/mol. The zero-order valence-corrected chi connectivity index (χ0v) is 17.0. The number of aromatic amines is 1. The van der Waals surface area contributed by atoms with Crippen molar-refractivity contribution in [2.45, 2.75) is 36.2 Å². The number of hydrogen-bond acceptors (Lipinski definition) is 8. The Morgan fingerprint density at radius 2 is 2.00 bits per heavy atom. The second-order valence-electron chi connectivity index (χ2n) is 7.15. The summed E-state index contributed by atoms with van der Waals surface area (Å²) in [5, 5.41) is 19.5. The summed E-state index contributed by atoms with van der Waals surface area (Å²) in [5.74, 6) is -0.0848. The third kappa shape index (κ3) is 4.60. The molecule has 1 aromatic carbocycles. The first kappa shape index (κ1) is 19.9. The number of hydrogen-bond donors (Lipinski definition) is 4. The molecule has 0 radical (unpaired) electrons. The zero-order chi connectivity index (χ0) is 21.3. The Balaban J connectivity index is 1.55. The minimum Gasteiger partial charge on any atom is -0.476 e. The summed E-state index contributed by atoms with van der Waals surface area (Å²) in [6.45, 7) is 1.84. The van der Waals surface area contributed by atoms with Crippen molar-refractivity contribution in [3.05, 3.63) is 47.3 Å². The smallest absolute Gasteiger partial charge is 0.356 e. The topological polar surface area (TPSA) is 147 Å². The van der Waals surface area contributed by atoms with E-state index in [0.29, 0.717) is 12.2 Å².